The first-order valence-corrected chi connectivity index (χ1v) is 7.54. The van der Waals surface area contributed by atoms with Crippen LogP contribution in [0.25, 0.3) is 0 Å². The zero-order chi connectivity index (χ0) is 14.4. The second kappa shape index (κ2) is 7.49. The molecular formula is C12H17BrN2O3S. The third-order valence-electron chi connectivity index (χ3n) is 2.65. The number of carboxylic acids is 1. The minimum Gasteiger partial charge on any atom is -0.481 e. The summed E-state index contributed by atoms with van der Waals surface area (Å²) in [6, 6.07) is 1.58. The van der Waals surface area contributed by atoms with Gasteiger partial charge in [0.2, 0.25) is 0 Å². The zero-order valence-corrected chi connectivity index (χ0v) is 13.2. The Morgan fingerprint density at radius 2 is 2.11 bits per heavy atom. The Morgan fingerprint density at radius 1 is 1.42 bits per heavy atom. The van der Waals surface area contributed by atoms with E-state index >= 15 is 0 Å². The molecule has 1 rings (SSSR count). The molecule has 2 amide bonds. The Hall–Kier alpha value is -1.08. The minimum atomic E-state index is -0.891. The van der Waals surface area contributed by atoms with E-state index in [1.807, 2.05) is 25.3 Å². The van der Waals surface area contributed by atoms with Crippen molar-refractivity contribution in [3.05, 3.63) is 20.8 Å². The number of hydrogen-bond donors (Lipinski definition) is 3. The molecule has 3 N–H and O–H groups in total. The largest absolute Gasteiger partial charge is 0.481 e. The molecule has 0 fully saturated rings. The summed E-state index contributed by atoms with van der Waals surface area (Å²) in [5, 5.41) is 16.2. The molecule has 0 radical (unpaired) electrons. The van der Waals surface area contributed by atoms with Crippen LogP contribution in [0.5, 0.6) is 0 Å². The van der Waals surface area contributed by atoms with Gasteiger partial charge in [-0.3, -0.25) is 4.79 Å². The van der Waals surface area contributed by atoms with E-state index in [0.717, 1.165) is 9.35 Å². The lowest BCUT2D eigenvalue weighted by Gasteiger charge is -2.16. The van der Waals surface area contributed by atoms with Gasteiger partial charge in [-0.1, -0.05) is 13.8 Å². The molecule has 1 heterocycles. The van der Waals surface area contributed by atoms with Gasteiger partial charge < -0.3 is 15.7 Å². The van der Waals surface area contributed by atoms with Crippen LogP contribution in [0.4, 0.5) is 4.79 Å². The van der Waals surface area contributed by atoms with Crippen LogP contribution in [0.3, 0.4) is 0 Å². The Balaban J connectivity index is 2.33. The minimum absolute atomic E-state index is 0.0222. The summed E-state index contributed by atoms with van der Waals surface area (Å²) in [4.78, 5) is 23.5. The molecule has 0 aliphatic heterocycles. The first kappa shape index (κ1) is 16.0. The van der Waals surface area contributed by atoms with Gasteiger partial charge in [0.15, 0.2) is 0 Å². The predicted molar refractivity (Wildman–Crippen MR) is 78.2 cm³/mol. The maximum Gasteiger partial charge on any atom is 0.315 e. The molecule has 1 aromatic rings. The maximum atomic E-state index is 11.6. The highest BCUT2D eigenvalue weighted by molar-refractivity contribution is 9.10. The summed E-state index contributed by atoms with van der Waals surface area (Å²) in [5.41, 5.74) is 0. The Kier molecular flexibility index (Phi) is 6.30. The molecule has 5 nitrogen and oxygen atoms in total. The number of hydrogen-bond acceptors (Lipinski definition) is 3. The van der Waals surface area contributed by atoms with Gasteiger partial charge in [-0.15, -0.1) is 11.3 Å². The lowest BCUT2D eigenvalue weighted by Crippen LogP contribution is -2.40. The average Bonchev–Trinajstić information content (AvgIpc) is 2.71. The number of rotatable bonds is 6. The molecule has 1 atom stereocenters. The molecule has 0 bridgehead atoms. The van der Waals surface area contributed by atoms with Gasteiger partial charge in [-0.2, -0.15) is 0 Å². The van der Waals surface area contributed by atoms with Gasteiger partial charge in [0, 0.05) is 21.3 Å². The Morgan fingerprint density at radius 3 is 2.58 bits per heavy atom. The number of nitrogens with one attached hydrogen (secondary N) is 2. The fraction of sp³-hybridized carbons (Fsp3) is 0.500. The van der Waals surface area contributed by atoms with E-state index in [9.17, 15) is 9.59 Å². The van der Waals surface area contributed by atoms with Crippen LogP contribution >= 0.6 is 27.3 Å². The van der Waals surface area contributed by atoms with Crippen LogP contribution in [0.15, 0.2) is 15.9 Å². The molecule has 0 spiro atoms. The number of carboxylic acid groups (broad SMARTS) is 1. The molecule has 0 saturated carbocycles. The molecule has 1 aromatic heterocycles. The van der Waals surface area contributed by atoms with Crippen LogP contribution in [0, 0.1) is 11.8 Å². The van der Waals surface area contributed by atoms with Crippen molar-refractivity contribution in [2.75, 3.05) is 6.54 Å². The lowest BCUT2D eigenvalue weighted by molar-refractivity contribution is -0.142. The Bertz CT molecular complexity index is 448. The smallest absolute Gasteiger partial charge is 0.315 e. The molecule has 0 aliphatic carbocycles. The van der Waals surface area contributed by atoms with E-state index in [1.165, 1.54) is 0 Å². The van der Waals surface area contributed by atoms with Crippen LogP contribution in [0.2, 0.25) is 0 Å². The summed E-state index contributed by atoms with van der Waals surface area (Å²) in [7, 11) is 0. The molecule has 0 aromatic carbocycles. The number of aliphatic carboxylic acids is 1. The van der Waals surface area contributed by atoms with Crippen LogP contribution in [-0.2, 0) is 11.3 Å². The van der Waals surface area contributed by atoms with Gasteiger partial charge in [0.1, 0.15) is 0 Å². The summed E-state index contributed by atoms with van der Waals surface area (Å²) in [6.45, 7) is 4.21. The molecule has 0 aliphatic rings. The number of thiophene rings is 1. The summed E-state index contributed by atoms with van der Waals surface area (Å²) in [5.74, 6) is -1.48. The zero-order valence-electron chi connectivity index (χ0n) is 10.8. The standard InChI is InChI=1S/C12H17BrN2O3S/c1-7(2)10(11(16)17)5-15-12(18)14-4-9-3-8(13)6-19-9/h3,6-7,10H,4-5H2,1-2H3,(H,16,17)(H2,14,15,18). The summed E-state index contributed by atoms with van der Waals surface area (Å²) in [6.07, 6.45) is 0. The second-order valence-electron chi connectivity index (χ2n) is 4.48. The highest BCUT2D eigenvalue weighted by Gasteiger charge is 2.21. The Labute approximate surface area is 124 Å². The van der Waals surface area contributed by atoms with E-state index in [4.69, 9.17) is 5.11 Å². The first-order valence-electron chi connectivity index (χ1n) is 5.87. The van der Waals surface area contributed by atoms with Crippen molar-refractivity contribution in [2.45, 2.75) is 20.4 Å². The number of carbonyl (C=O) groups excluding carboxylic acids is 1. The van der Waals surface area contributed by atoms with Gasteiger partial charge in [-0.05, 0) is 27.9 Å². The summed E-state index contributed by atoms with van der Waals surface area (Å²) < 4.78 is 0.987. The number of halogens is 1. The molecule has 0 saturated heterocycles. The number of amides is 2. The van der Waals surface area contributed by atoms with E-state index in [2.05, 4.69) is 26.6 Å². The number of urea groups is 1. The molecule has 7 heteroatoms. The molecule has 19 heavy (non-hydrogen) atoms. The fourth-order valence-corrected chi connectivity index (χ4v) is 2.88. The third-order valence-corrected chi connectivity index (χ3v) is 4.35. The molecule has 106 valence electrons. The highest BCUT2D eigenvalue weighted by atomic mass is 79.9. The van der Waals surface area contributed by atoms with Crippen molar-refractivity contribution in [1.82, 2.24) is 10.6 Å². The van der Waals surface area contributed by atoms with E-state index in [0.29, 0.717) is 6.54 Å². The van der Waals surface area contributed by atoms with Crippen molar-refractivity contribution < 1.29 is 14.7 Å². The van der Waals surface area contributed by atoms with Crippen molar-refractivity contribution in [3.63, 3.8) is 0 Å². The average molecular weight is 349 g/mol. The second-order valence-corrected chi connectivity index (χ2v) is 6.40. The van der Waals surface area contributed by atoms with Crippen molar-refractivity contribution in [2.24, 2.45) is 11.8 Å². The van der Waals surface area contributed by atoms with Crippen LogP contribution < -0.4 is 10.6 Å². The predicted octanol–water partition coefficient (Wildman–Crippen LogP) is 2.67. The normalized spacial score (nSPS) is 12.2. The van der Waals surface area contributed by atoms with Gasteiger partial charge >= 0.3 is 12.0 Å². The van der Waals surface area contributed by atoms with E-state index in [-0.39, 0.29) is 18.5 Å². The van der Waals surface area contributed by atoms with Crippen LogP contribution in [0.1, 0.15) is 18.7 Å². The van der Waals surface area contributed by atoms with Crippen molar-refractivity contribution >= 4 is 39.3 Å². The monoisotopic (exact) mass is 348 g/mol. The van der Waals surface area contributed by atoms with Crippen molar-refractivity contribution in [1.29, 1.82) is 0 Å². The van der Waals surface area contributed by atoms with E-state index < -0.39 is 11.9 Å². The van der Waals surface area contributed by atoms with Crippen molar-refractivity contribution in [3.8, 4) is 0 Å². The molecular weight excluding hydrogens is 332 g/mol. The van der Waals surface area contributed by atoms with Gasteiger partial charge in [0.25, 0.3) is 0 Å². The fourth-order valence-electron chi connectivity index (χ4n) is 1.49. The summed E-state index contributed by atoms with van der Waals surface area (Å²) >= 11 is 4.88. The van der Waals surface area contributed by atoms with Crippen LogP contribution in [-0.4, -0.2) is 23.7 Å². The SMILES string of the molecule is CC(C)C(CNC(=O)NCc1cc(Br)cs1)C(=O)O. The number of carbonyl (C=O) groups is 2. The third kappa shape index (κ3) is 5.61. The van der Waals surface area contributed by atoms with Gasteiger partial charge in [0.05, 0.1) is 12.5 Å². The molecule has 1 unspecified atom stereocenters. The lowest BCUT2D eigenvalue weighted by atomic mass is 9.96. The topological polar surface area (TPSA) is 78.4 Å². The highest BCUT2D eigenvalue weighted by Crippen LogP contribution is 2.19. The quantitative estimate of drug-likeness (QED) is 0.739. The first-order chi connectivity index (χ1) is 8.90. The maximum absolute atomic E-state index is 11.6. The van der Waals surface area contributed by atoms with E-state index in [1.54, 1.807) is 11.3 Å². The van der Waals surface area contributed by atoms with Gasteiger partial charge in [-0.25, -0.2) is 4.79 Å².